The van der Waals surface area contributed by atoms with Crippen molar-refractivity contribution in [2.75, 3.05) is 11.4 Å². The average molecular weight is 267 g/mol. The highest BCUT2D eigenvalue weighted by Gasteiger charge is 2.20. The lowest BCUT2D eigenvalue weighted by Gasteiger charge is -2.28. The summed E-state index contributed by atoms with van der Waals surface area (Å²) in [5.41, 5.74) is 0.400. The van der Waals surface area contributed by atoms with Crippen LogP contribution in [0.25, 0.3) is 0 Å². The molecule has 1 N–H and O–H groups in total. The number of hydrogen-bond donors (Lipinski definition) is 1. The Kier molecular flexibility index (Phi) is 4.80. The van der Waals surface area contributed by atoms with E-state index in [-0.39, 0.29) is 18.3 Å². The number of aliphatic carboxylic acids is 1. The van der Waals surface area contributed by atoms with Crippen LogP contribution in [0.5, 0.6) is 0 Å². The molecule has 0 aliphatic carbocycles. The fourth-order valence-electron chi connectivity index (χ4n) is 1.71. The van der Waals surface area contributed by atoms with Crippen molar-refractivity contribution in [3.05, 3.63) is 27.9 Å². The predicted octanol–water partition coefficient (Wildman–Crippen LogP) is 1.99. The molecule has 0 spiro atoms. The summed E-state index contributed by atoms with van der Waals surface area (Å²) in [6.07, 6.45) is 1.92. The van der Waals surface area contributed by atoms with Gasteiger partial charge in [-0.1, -0.05) is 6.92 Å². The predicted molar refractivity (Wildman–Crippen MR) is 70.4 cm³/mol. The van der Waals surface area contributed by atoms with Gasteiger partial charge in [0.25, 0.3) is 5.69 Å². The number of nitro groups is 1. The summed E-state index contributed by atoms with van der Waals surface area (Å²) in [5.74, 6) is -0.516. The first-order valence-corrected chi connectivity index (χ1v) is 5.96. The van der Waals surface area contributed by atoms with Gasteiger partial charge in [0.15, 0.2) is 0 Å². The van der Waals surface area contributed by atoms with Gasteiger partial charge in [-0.3, -0.25) is 14.9 Å². The molecule has 0 aromatic carbocycles. The van der Waals surface area contributed by atoms with Gasteiger partial charge in [0.05, 0.1) is 4.92 Å². The lowest BCUT2D eigenvalue weighted by molar-refractivity contribution is -0.385. The molecule has 1 aromatic rings. The highest BCUT2D eigenvalue weighted by molar-refractivity contribution is 5.73. The summed E-state index contributed by atoms with van der Waals surface area (Å²) in [4.78, 5) is 26.7. The molecule has 0 saturated heterocycles. The molecule has 1 atom stereocenters. The van der Waals surface area contributed by atoms with Gasteiger partial charge in [0.1, 0.15) is 18.6 Å². The van der Waals surface area contributed by atoms with Crippen LogP contribution in [0.2, 0.25) is 0 Å². The van der Waals surface area contributed by atoms with E-state index in [1.807, 2.05) is 13.8 Å². The van der Waals surface area contributed by atoms with Crippen molar-refractivity contribution in [2.45, 2.75) is 33.2 Å². The van der Waals surface area contributed by atoms with Crippen molar-refractivity contribution in [3.8, 4) is 0 Å². The van der Waals surface area contributed by atoms with E-state index >= 15 is 0 Å². The molecular weight excluding hydrogens is 250 g/mol. The van der Waals surface area contributed by atoms with Crippen LogP contribution in [0.4, 0.5) is 11.5 Å². The van der Waals surface area contributed by atoms with E-state index < -0.39 is 10.9 Å². The van der Waals surface area contributed by atoms with E-state index in [2.05, 4.69) is 4.98 Å². The number of carbonyl (C=O) groups is 1. The van der Waals surface area contributed by atoms with Crippen molar-refractivity contribution >= 4 is 17.5 Å². The molecule has 1 unspecified atom stereocenters. The van der Waals surface area contributed by atoms with Gasteiger partial charge < -0.3 is 10.0 Å². The molecule has 1 heterocycles. The summed E-state index contributed by atoms with van der Waals surface area (Å²) in [5, 5.41) is 19.7. The quantitative estimate of drug-likeness (QED) is 0.625. The minimum absolute atomic E-state index is 0.00976. The monoisotopic (exact) mass is 267 g/mol. The Labute approximate surface area is 111 Å². The number of hydrogen-bond acceptors (Lipinski definition) is 5. The van der Waals surface area contributed by atoms with E-state index in [0.717, 1.165) is 6.42 Å². The number of aromatic nitrogens is 1. The van der Waals surface area contributed by atoms with Gasteiger partial charge in [-0.15, -0.1) is 0 Å². The maximum absolute atomic E-state index is 10.9. The third-order valence-corrected chi connectivity index (χ3v) is 2.99. The zero-order valence-electron chi connectivity index (χ0n) is 11.2. The van der Waals surface area contributed by atoms with Crippen LogP contribution in [0.1, 0.15) is 25.8 Å². The Morgan fingerprint density at radius 1 is 1.63 bits per heavy atom. The Morgan fingerprint density at radius 3 is 2.68 bits per heavy atom. The van der Waals surface area contributed by atoms with Crippen LogP contribution >= 0.6 is 0 Å². The topological polar surface area (TPSA) is 96.6 Å². The number of nitrogens with zero attached hydrogens (tertiary/aromatic N) is 3. The Hall–Kier alpha value is -2.18. The van der Waals surface area contributed by atoms with Crippen LogP contribution in [-0.2, 0) is 4.79 Å². The maximum Gasteiger partial charge on any atom is 0.323 e. The first-order chi connectivity index (χ1) is 8.86. The summed E-state index contributed by atoms with van der Waals surface area (Å²) in [6, 6.07) is 1.54. The van der Waals surface area contributed by atoms with Crippen LogP contribution < -0.4 is 4.90 Å². The molecule has 7 heteroatoms. The molecule has 1 rings (SSSR count). The standard InChI is InChI=1S/C12H17N3O4/c1-4-9(3)14(7-12(16)17)11-5-8(2)10(6-13-11)15(18)19/h5-6,9H,4,7H2,1-3H3,(H,16,17). The van der Waals surface area contributed by atoms with Crippen LogP contribution in [0.15, 0.2) is 12.3 Å². The molecule has 0 amide bonds. The molecule has 0 fully saturated rings. The van der Waals surface area contributed by atoms with E-state index in [4.69, 9.17) is 5.11 Å². The molecule has 0 aliphatic rings. The van der Waals surface area contributed by atoms with Crippen LogP contribution in [0.3, 0.4) is 0 Å². The van der Waals surface area contributed by atoms with Gasteiger partial charge in [-0.25, -0.2) is 4.98 Å². The highest BCUT2D eigenvalue weighted by Crippen LogP contribution is 2.23. The van der Waals surface area contributed by atoms with Crippen molar-refractivity contribution in [2.24, 2.45) is 0 Å². The number of carboxylic acid groups (broad SMARTS) is 1. The number of carboxylic acids is 1. The van der Waals surface area contributed by atoms with Gasteiger partial charge in [0.2, 0.25) is 0 Å². The van der Waals surface area contributed by atoms with Crippen molar-refractivity contribution in [3.63, 3.8) is 0 Å². The van der Waals surface area contributed by atoms with E-state index in [0.29, 0.717) is 11.4 Å². The Bertz CT molecular complexity index is 490. The molecule has 0 bridgehead atoms. The molecule has 19 heavy (non-hydrogen) atoms. The molecule has 7 nitrogen and oxygen atoms in total. The summed E-state index contributed by atoms with van der Waals surface area (Å²) in [7, 11) is 0. The van der Waals surface area contributed by atoms with E-state index in [1.54, 1.807) is 17.9 Å². The fourth-order valence-corrected chi connectivity index (χ4v) is 1.71. The molecule has 0 radical (unpaired) electrons. The van der Waals surface area contributed by atoms with Gasteiger partial charge in [-0.2, -0.15) is 0 Å². The normalized spacial score (nSPS) is 11.9. The fraction of sp³-hybridized carbons (Fsp3) is 0.500. The third-order valence-electron chi connectivity index (χ3n) is 2.99. The minimum atomic E-state index is -0.960. The molecule has 0 aliphatic heterocycles. The largest absolute Gasteiger partial charge is 0.480 e. The van der Waals surface area contributed by atoms with E-state index in [1.165, 1.54) is 6.20 Å². The number of anilines is 1. The highest BCUT2D eigenvalue weighted by atomic mass is 16.6. The smallest absolute Gasteiger partial charge is 0.323 e. The third kappa shape index (κ3) is 3.64. The first-order valence-electron chi connectivity index (χ1n) is 5.96. The molecule has 0 saturated carbocycles. The van der Waals surface area contributed by atoms with Crippen LogP contribution in [0, 0.1) is 17.0 Å². The number of aryl methyl sites for hydroxylation is 1. The van der Waals surface area contributed by atoms with Crippen molar-refractivity contribution in [1.29, 1.82) is 0 Å². The van der Waals surface area contributed by atoms with Crippen LogP contribution in [-0.4, -0.2) is 33.6 Å². The molecule has 104 valence electrons. The summed E-state index contributed by atoms with van der Waals surface area (Å²) in [6.45, 7) is 5.26. The number of pyridine rings is 1. The molecular formula is C12H17N3O4. The van der Waals surface area contributed by atoms with Gasteiger partial charge in [0, 0.05) is 11.6 Å². The second-order valence-corrected chi connectivity index (χ2v) is 4.37. The maximum atomic E-state index is 10.9. The lowest BCUT2D eigenvalue weighted by Crippen LogP contribution is -2.37. The zero-order valence-corrected chi connectivity index (χ0v) is 11.2. The summed E-state index contributed by atoms with van der Waals surface area (Å²) >= 11 is 0. The molecule has 1 aromatic heterocycles. The number of rotatable bonds is 6. The van der Waals surface area contributed by atoms with Crippen molar-refractivity contribution < 1.29 is 14.8 Å². The zero-order chi connectivity index (χ0) is 14.6. The van der Waals surface area contributed by atoms with Gasteiger partial charge in [-0.05, 0) is 26.3 Å². The average Bonchev–Trinajstić information content (AvgIpc) is 2.34. The lowest BCUT2D eigenvalue weighted by atomic mass is 10.2. The second kappa shape index (κ2) is 6.12. The van der Waals surface area contributed by atoms with Crippen molar-refractivity contribution in [1.82, 2.24) is 4.98 Å². The second-order valence-electron chi connectivity index (χ2n) is 4.37. The first kappa shape index (κ1) is 14.9. The van der Waals surface area contributed by atoms with E-state index in [9.17, 15) is 14.9 Å². The van der Waals surface area contributed by atoms with Gasteiger partial charge >= 0.3 is 5.97 Å². The minimum Gasteiger partial charge on any atom is -0.480 e. The SMILES string of the molecule is CCC(C)N(CC(=O)O)c1cc(C)c([N+](=O)[O-])cn1. The Balaban J connectivity index is 3.12. The summed E-state index contributed by atoms with van der Waals surface area (Å²) < 4.78 is 0. The Morgan fingerprint density at radius 2 is 2.26 bits per heavy atom.